The number of carbonyl (C=O) groups is 1. The van der Waals surface area contributed by atoms with Gasteiger partial charge in [0.25, 0.3) is 0 Å². The zero-order valence-electron chi connectivity index (χ0n) is 7.36. The maximum Gasteiger partial charge on any atom is 0.307 e. The lowest BCUT2D eigenvalue weighted by Gasteiger charge is -2.30. The van der Waals surface area contributed by atoms with Crippen molar-refractivity contribution in [3.05, 3.63) is 0 Å². The maximum atomic E-state index is 10.7. The molecular formula is C9H16O2S. The van der Waals surface area contributed by atoms with E-state index in [1.54, 1.807) is 0 Å². The summed E-state index contributed by atoms with van der Waals surface area (Å²) in [4.78, 5) is 10.7. The molecule has 0 amide bonds. The zero-order valence-corrected chi connectivity index (χ0v) is 8.26. The minimum Gasteiger partial charge on any atom is -0.481 e. The third-order valence-corrected chi connectivity index (χ3v) is 3.39. The molecule has 2 nitrogen and oxygen atoms in total. The molecule has 0 spiro atoms. The van der Waals surface area contributed by atoms with E-state index in [-0.39, 0.29) is 11.2 Å². The van der Waals surface area contributed by atoms with Gasteiger partial charge in [-0.2, -0.15) is 12.6 Å². The van der Waals surface area contributed by atoms with E-state index in [9.17, 15) is 4.79 Å². The molecule has 3 heteroatoms. The SMILES string of the molecule is CCC1CCC(C(=O)O)C(S)C1. The summed E-state index contributed by atoms with van der Waals surface area (Å²) >= 11 is 4.33. The molecule has 1 fully saturated rings. The quantitative estimate of drug-likeness (QED) is 0.652. The number of rotatable bonds is 2. The average Bonchev–Trinajstić information content (AvgIpc) is 2.03. The Morgan fingerprint density at radius 3 is 2.67 bits per heavy atom. The molecule has 0 radical (unpaired) electrons. The molecule has 0 saturated heterocycles. The highest BCUT2D eigenvalue weighted by Crippen LogP contribution is 2.33. The summed E-state index contributed by atoms with van der Waals surface area (Å²) in [5.41, 5.74) is 0. The van der Waals surface area contributed by atoms with Crippen LogP contribution in [0.15, 0.2) is 0 Å². The molecule has 0 heterocycles. The molecule has 1 rings (SSSR count). The molecular weight excluding hydrogens is 172 g/mol. The fourth-order valence-electron chi connectivity index (χ4n) is 1.89. The normalized spacial score (nSPS) is 36.3. The summed E-state index contributed by atoms with van der Waals surface area (Å²) in [7, 11) is 0. The lowest BCUT2D eigenvalue weighted by Crippen LogP contribution is -2.31. The van der Waals surface area contributed by atoms with Gasteiger partial charge in [0, 0.05) is 5.25 Å². The second-order valence-corrected chi connectivity index (χ2v) is 4.26. The summed E-state index contributed by atoms with van der Waals surface area (Å²) in [5, 5.41) is 8.89. The number of carboxylic acid groups (broad SMARTS) is 1. The van der Waals surface area contributed by atoms with Crippen molar-refractivity contribution in [1.82, 2.24) is 0 Å². The van der Waals surface area contributed by atoms with Gasteiger partial charge in [-0.05, 0) is 25.2 Å². The molecule has 0 aromatic rings. The van der Waals surface area contributed by atoms with E-state index >= 15 is 0 Å². The van der Waals surface area contributed by atoms with E-state index in [0.717, 1.165) is 25.7 Å². The number of hydrogen-bond acceptors (Lipinski definition) is 2. The van der Waals surface area contributed by atoms with Crippen LogP contribution in [-0.4, -0.2) is 16.3 Å². The van der Waals surface area contributed by atoms with Gasteiger partial charge in [-0.25, -0.2) is 0 Å². The van der Waals surface area contributed by atoms with Crippen LogP contribution in [-0.2, 0) is 4.79 Å². The van der Waals surface area contributed by atoms with Crippen molar-refractivity contribution in [2.24, 2.45) is 11.8 Å². The molecule has 1 saturated carbocycles. The van der Waals surface area contributed by atoms with Gasteiger partial charge in [0.1, 0.15) is 0 Å². The Bertz CT molecular complexity index is 170. The average molecular weight is 188 g/mol. The molecule has 3 atom stereocenters. The maximum absolute atomic E-state index is 10.7. The Balaban J connectivity index is 2.47. The Labute approximate surface area is 78.8 Å². The molecule has 1 aliphatic carbocycles. The Kier molecular flexibility index (Phi) is 3.44. The van der Waals surface area contributed by atoms with Crippen molar-refractivity contribution in [2.45, 2.75) is 37.9 Å². The van der Waals surface area contributed by atoms with Gasteiger partial charge in [-0.1, -0.05) is 13.3 Å². The van der Waals surface area contributed by atoms with E-state index in [1.807, 2.05) is 0 Å². The Hall–Kier alpha value is -0.180. The van der Waals surface area contributed by atoms with Crippen molar-refractivity contribution in [3.63, 3.8) is 0 Å². The van der Waals surface area contributed by atoms with E-state index in [4.69, 9.17) is 5.11 Å². The van der Waals surface area contributed by atoms with Gasteiger partial charge in [0.2, 0.25) is 0 Å². The smallest absolute Gasteiger partial charge is 0.307 e. The zero-order chi connectivity index (χ0) is 9.14. The summed E-state index contributed by atoms with van der Waals surface area (Å²) in [5.74, 6) is -0.191. The van der Waals surface area contributed by atoms with Crippen molar-refractivity contribution in [2.75, 3.05) is 0 Å². The van der Waals surface area contributed by atoms with Gasteiger partial charge in [-0.3, -0.25) is 4.79 Å². The third kappa shape index (κ3) is 2.16. The predicted octanol–water partition coefficient (Wildman–Crippen LogP) is 2.20. The monoisotopic (exact) mass is 188 g/mol. The minimum absolute atomic E-state index is 0.0706. The summed E-state index contributed by atoms with van der Waals surface area (Å²) in [6.07, 6.45) is 3.99. The first kappa shape index (κ1) is 9.90. The van der Waals surface area contributed by atoms with Gasteiger partial charge in [0.15, 0.2) is 0 Å². The Morgan fingerprint density at radius 2 is 2.25 bits per heavy atom. The highest BCUT2D eigenvalue weighted by Gasteiger charge is 2.31. The van der Waals surface area contributed by atoms with E-state index in [2.05, 4.69) is 19.6 Å². The summed E-state index contributed by atoms with van der Waals surface area (Å²) < 4.78 is 0. The number of hydrogen-bond donors (Lipinski definition) is 2. The van der Waals surface area contributed by atoms with Crippen LogP contribution in [0.1, 0.15) is 32.6 Å². The highest BCUT2D eigenvalue weighted by atomic mass is 32.1. The van der Waals surface area contributed by atoms with Crippen LogP contribution in [0.4, 0.5) is 0 Å². The summed E-state index contributed by atoms with van der Waals surface area (Å²) in [6, 6.07) is 0. The van der Waals surface area contributed by atoms with E-state index < -0.39 is 5.97 Å². The number of carboxylic acids is 1. The van der Waals surface area contributed by atoms with E-state index in [0.29, 0.717) is 5.92 Å². The van der Waals surface area contributed by atoms with Crippen molar-refractivity contribution in [3.8, 4) is 0 Å². The third-order valence-electron chi connectivity index (χ3n) is 2.82. The molecule has 3 unspecified atom stereocenters. The molecule has 1 N–H and O–H groups in total. The predicted molar refractivity (Wildman–Crippen MR) is 51.5 cm³/mol. The van der Waals surface area contributed by atoms with Crippen LogP contribution in [0.2, 0.25) is 0 Å². The van der Waals surface area contributed by atoms with Crippen molar-refractivity contribution >= 4 is 18.6 Å². The van der Waals surface area contributed by atoms with Crippen LogP contribution in [0.25, 0.3) is 0 Å². The second-order valence-electron chi connectivity index (χ2n) is 3.60. The number of aliphatic carboxylic acids is 1. The second kappa shape index (κ2) is 4.17. The largest absolute Gasteiger partial charge is 0.481 e. The van der Waals surface area contributed by atoms with Crippen LogP contribution >= 0.6 is 12.6 Å². The first-order valence-corrected chi connectivity index (χ1v) is 5.07. The van der Waals surface area contributed by atoms with Crippen LogP contribution in [0.3, 0.4) is 0 Å². The van der Waals surface area contributed by atoms with Crippen LogP contribution in [0, 0.1) is 11.8 Å². The molecule has 0 aliphatic heterocycles. The molecule has 1 aliphatic rings. The first-order valence-electron chi connectivity index (χ1n) is 4.56. The molecule has 0 bridgehead atoms. The fourth-order valence-corrected chi connectivity index (χ4v) is 2.46. The van der Waals surface area contributed by atoms with Gasteiger partial charge < -0.3 is 5.11 Å². The molecule has 70 valence electrons. The summed E-state index contributed by atoms with van der Waals surface area (Å²) in [6.45, 7) is 2.16. The van der Waals surface area contributed by atoms with Crippen molar-refractivity contribution in [1.29, 1.82) is 0 Å². The minimum atomic E-state index is -0.676. The fraction of sp³-hybridized carbons (Fsp3) is 0.889. The van der Waals surface area contributed by atoms with Gasteiger partial charge >= 0.3 is 5.97 Å². The number of thiol groups is 1. The van der Waals surface area contributed by atoms with Gasteiger partial charge in [-0.15, -0.1) is 0 Å². The highest BCUT2D eigenvalue weighted by molar-refractivity contribution is 7.81. The lowest BCUT2D eigenvalue weighted by molar-refractivity contribution is -0.142. The van der Waals surface area contributed by atoms with Gasteiger partial charge in [0.05, 0.1) is 5.92 Å². The first-order chi connectivity index (χ1) is 5.65. The molecule has 12 heavy (non-hydrogen) atoms. The molecule has 0 aromatic carbocycles. The lowest BCUT2D eigenvalue weighted by atomic mass is 9.80. The standard InChI is InChI=1S/C9H16O2S/c1-2-6-3-4-7(9(10)11)8(12)5-6/h6-8,12H,2-5H2,1H3,(H,10,11). The topological polar surface area (TPSA) is 37.3 Å². The van der Waals surface area contributed by atoms with Crippen LogP contribution < -0.4 is 0 Å². The van der Waals surface area contributed by atoms with Crippen LogP contribution in [0.5, 0.6) is 0 Å². The molecule has 0 aromatic heterocycles. The Morgan fingerprint density at radius 1 is 1.58 bits per heavy atom. The van der Waals surface area contributed by atoms with Crippen molar-refractivity contribution < 1.29 is 9.90 Å². The van der Waals surface area contributed by atoms with E-state index in [1.165, 1.54) is 0 Å².